The first-order valence-electron chi connectivity index (χ1n) is 7.75. The molecule has 0 aliphatic heterocycles. The molecule has 1 N–H and O–H groups in total. The number of hydrogen-bond donors (Lipinski definition) is 1. The molecule has 0 spiro atoms. The molecule has 0 bridgehead atoms. The second kappa shape index (κ2) is 9.00. The van der Waals surface area contributed by atoms with Gasteiger partial charge in [-0.15, -0.1) is 11.8 Å². The van der Waals surface area contributed by atoms with Crippen LogP contribution in [0.25, 0.3) is 0 Å². The van der Waals surface area contributed by atoms with Gasteiger partial charge in [-0.05, 0) is 38.1 Å². The minimum Gasteiger partial charge on any atom is -0.426 e. The number of thioether (sulfide) groups is 1. The van der Waals surface area contributed by atoms with Gasteiger partial charge in [0, 0.05) is 17.3 Å². The van der Waals surface area contributed by atoms with Gasteiger partial charge in [0.2, 0.25) is 5.91 Å². The number of hydrogen-bond acceptors (Lipinski definition) is 6. The molecule has 8 heteroatoms. The van der Waals surface area contributed by atoms with Crippen molar-refractivity contribution in [2.24, 2.45) is 0 Å². The lowest BCUT2D eigenvalue weighted by Gasteiger charge is -2.07. The largest absolute Gasteiger partial charge is 0.426 e. The molecule has 0 saturated carbocycles. The van der Waals surface area contributed by atoms with Crippen molar-refractivity contribution in [3.8, 4) is 5.75 Å². The molecule has 0 aromatic heterocycles. The number of benzene rings is 2. The summed E-state index contributed by atoms with van der Waals surface area (Å²) < 4.78 is 5.13. The summed E-state index contributed by atoms with van der Waals surface area (Å²) in [5, 5.41) is 13.5. The smallest absolute Gasteiger partial charge is 0.321 e. The zero-order chi connectivity index (χ0) is 19.1. The Morgan fingerprint density at radius 1 is 1.12 bits per heavy atom. The number of aryl methyl sites for hydroxylation is 2. The summed E-state index contributed by atoms with van der Waals surface area (Å²) in [6, 6.07) is 11.5. The van der Waals surface area contributed by atoms with E-state index in [9.17, 15) is 19.7 Å². The summed E-state index contributed by atoms with van der Waals surface area (Å²) in [6.07, 6.45) is 0. The van der Waals surface area contributed by atoms with Crippen molar-refractivity contribution < 1.29 is 19.2 Å². The lowest BCUT2D eigenvalue weighted by Crippen LogP contribution is -2.17. The molecular formula is C18H18N2O5S. The van der Waals surface area contributed by atoms with Crippen LogP contribution in [0.5, 0.6) is 5.75 Å². The van der Waals surface area contributed by atoms with E-state index >= 15 is 0 Å². The van der Waals surface area contributed by atoms with Gasteiger partial charge in [0.25, 0.3) is 5.69 Å². The quantitative estimate of drug-likeness (QED) is 0.345. The monoisotopic (exact) mass is 374 g/mol. The predicted molar refractivity (Wildman–Crippen MR) is 101 cm³/mol. The lowest BCUT2D eigenvalue weighted by atomic mass is 10.2. The van der Waals surface area contributed by atoms with Gasteiger partial charge in [0.15, 0.2) is 0 Å². The fraction of sp³-hybridized carbons (Fsp3) is 0.222. The van der Waals surface area contributed by atoms with Crippen molar-refractivity contribution in [2.75, 3.05) is 16.8 Å². The van der Waals surface area contributed by atoms with E-state index in [0.717, 1.165) is 17.3 Å². The van der Waals surface area contributed by atoms with E-state index in [1.54, 1.807) is 6.92 Å². The summed E-state index contributed by atoms with van der Waals surface area (Å²) >= 11 is 1.13. The minimum atomic E-state index is -0.522. The van der Waals surface area contributed by atoms with Gasteiger partial charge in [0.1, 0.15) is 5.75 Å². The van der Waals surface area contributed by atoms with Gasteiger partial charge in [-0.2, -0.15) is 0 Å². The van der Waals surface area contributed by atoms with Crippen LogP contribution in [0.1, 0.15) is 11.1 Å². The Hall–Kier alpha value is -2.87. The number of ether oxygens (including phenoxy) is 1. The molecule has 0 radical (unpaired) electrons. The molecular weight excluding hydrogens is 356 g/mol. The first-order chi connectivity index (χ1) is 12.3. The van der Waals surface area contributed by atoms with Crippen molar-refractivity contribution in [3.05, 3.63) is 63.7 Å². The molecule has 7 nitrogen and oxygen atoms in total. The third kappa shape index (κ3) is 5.89. The molecule has 0 unspecified atom stereocenters. The van der Waals surface area contributed by atoms with Crippen molar-refractivity contribution >= 4 is 35.0 Å². The molecule has 0 atom stereocenters. The number of nitro benzene ring substituents is 1. The third-order valence-corrected chi connectivity index (χ3v) is 4.29. The van der Waals surface area contributed by atoms with E-state index in [1.165, 1.54) is 18.2 Å². The lowest BCUT2D eigenvalue weighted by molar-refractivity contribution is -0.385. The maximum absolute atomic E-state index is 11.8. The highest BCUT2D eigenvalue weighted by atomic mass is 32.2. The predicted octanol–water partition coefficient (Wildman–Crippen LogP) is 3.49. The Morgan fingerprint density at radius 3 is 2.42 bits per heavy atom. The van der Waals surface area contributed by atoms with Crippen LogP contribution in [0.2, 0.25) is 0 Å². The van der Waals surface area contributed by atoms with Gasteiger partial charge in [-0.3, -0.25) is 19.7 Å². The number of rotatable bonds is 7. The van der Waals surface area contributed by atoms with Gasteiger partial charge < -0.3 is 10.1 Å². The Morgan fingerprint density at radius 2 is 1.81 bits per heavy atom. The summed E-state index contributed by atoms with van der Waals surface area (Å²) in [7, 11) is 0. The number of carbonyl (C=O) groups is 2. The molecule has 0 heterocycles. The Labute approximate surface area is 154 Å². The minimum absolute atomic E-state index is 0.00263. The number of esters is 1. The van der Waals surface area contributed by atoms with Crippen LogP contribution < -0.4 is 10.1 Å². The van der Waals surface area contributed by atoms with Crippen LogP contribution in [0.3, 0.4) is 0 Å². The van der Waals surface area contributed by atoms with Crippen molar-refractivity contribution in [2.45, 2.75) is 13.8 Å². The second-order valence-electron chi connectivity index (χ2n) is 5.59. The molecule has 2 aromatic carbocycles. The number of anilines is 1. The zero-order valence-electron chi connectivity index (χ0n) is 14.4. The Kier molecular flexibility index (Phi) is 6.74. The van der Waals surface area contributed by atoms with Crippen molar-refractivity contribution in [1.82, 2.24) is 0 Å². The van der Waals surface area contributed by atoms with Gasteiger partial charge in [0.05, 0.1) is 16.4 Å². The molecule has 0 saturated heterocycles. The van der Waals surface area contributed by atoms with Crippen LogP contribution in [-0.4, -0.2) is 28.3 Å². The Balaban J connectivity index is 1.76. The molecule has 2 rings (SSSR count). The standard InChI is InChI=1S/C18H18N2O5S/c1-12-3-5-14(6-4-12)19-17(21)10-26-11-18(22)25-15-7-8-16(20(23)24)13(2)9-15/h3-9H,10-11H2,1-2H3,(H,19,21). The first-order valence-corrected chi connectivity index (χ1v) is 8.90. The van der Waals surface area contributed by atoms with Gasteiger partial charge in [-0.1, -0.05) is 17.7 Å². The van der Waals surface area contributed by atoms with Crippen LogP contribution >= 0.6 is 11.8 Å². The normalized spacial score (nSPS) is 10.2. The molecule has 2 aromatic rings. The van der Waals surface area contributed by atoms with Crippen LogP contribution in [0.4, 0.5) is 11.4 Å². The highest BCUT2D eigenvalue weighted by Crippen LogP contribution is 2.23. The van der Waals surface area contributed by atoms with Crippen molar-refractivity contribution in [1.29, 1.82) is 0 Å². The topological polar surface area (TPSA) is 98.5 Å². The maximum atomic E-state index is 11.8. The molecule has 136 valence electrons. The summed E-state index contributed by atoms with van der Waals surface area (Å²) in [5.74, 6) is -0.383. The summed E-state index contributed by atoms with van der Waals surface area (Å²) in [5.41, 5.74) is 2.17. The highest BCUT2D eigenvalue weighted by molar-refractivity contribution is 8.00. The fourth-order valence-corrected chi connectivity index (χ4v) is 2.70. The van der Waals surface area contributed by atoms with Crippen LogP contribution in [0.15, 0.2) is 42.5 Å². The van der Waals surface area contributed by atoms with E-state index in [1.807, 2.05) is 31.2 Å². The number of nitrogens with one attached hydrogen (secondary N) is 1. The number of amides is 1. The molecule has 0 aliphatic rings. The third-order valence-electron chi connectivity index (χ3n) is 3.39. The van der Waals surface area contributed by atoms with E-state index in [0.29, 0.717) is 11.3 Å². The molecule has 26 heavy (non-hydrogen) atoms. The SMILES string of the molecule is Cc1ccc(NC(=O)CSCC(=O)Oc2ccc([N+](=O)[O-])c(C)c2)cc1. The second-order valence-corrected chi connectivity index (χ2v) is 6.57. The van der Waals surface area contributed by atoms with E-state index in [4.69, 9.17) is 4.74 Å². The summed E-state index contributed by atoms with van der Waals surface area (Å²) in [6.45, 7) is 3.53. The molecule has 0 aliphatic carbocycles. The number of carbonyl (C=O) groups excluding carboxylic acids is 2. The maximum Gasteiger partial charge on any atom is 0.321 e. The molecule has 1 amide bonds. The zero-order valence-corrected chi connectivity index (χ0v) is 15.2. The average Bonchev–Trinajstić information content (AvgIpc) is 2.56. The summed E-state index contributed by atoms with van der Waals surface area (Å²) in [4.78, 5) is 33.9. The fourth-order valence-electron chi connectivity index (χ4n) is 2.12. The van der Waals surface area contributed by atoms with Gasteiger partial charge >= 0.3 is 5.97 Å². The van der Waals surface area contributed by atoms with E-state index in [-0.39, 0.29) is 28.8 Å². The van der Waals surface area contributed by atoms with Crippen LogP contribution in [-0.2, 0) is 9.59 Å². The van der Waals surface area contributed by atoms with Crippen LogP contribution in [0, 0.1) is 24.0 Å². The number of nitro groups is 1. The molecule has 0 fully saturated rings. The van der Waals surface area contributed by atoms with Gasteiger partial charge in [-0.25, -0.2) is 0 Å². The highest BCUT2D eigenvalue weighted by Gasteiger charge is 2.13. The first kappa shape index (κ1) is 19.5. The Bertz CT molecular complexity index is 821. The average molecular weight is 374 g/mol. The van der Waals surface area contributed by atoms with E-state index < -0.39 is 10.9 Å². The van der Waals surface area contributed by atoms with Crippen molar-refractivity contribution in [3.63, 3.8) is 0 Å². The number of nitrogens with zero attached hydrogens (tertiary/aromatic N) is 1. The van der Waals surface area contributed by atoms with E-state index in [2.05, 4.69) is 5.32 Å².